The maximum atomic E-state index is 5.60. The molecule has 158 valence electrons. The maximum Gasteiger partial charge on any atom is 0.161 e. The van der Waals surface area contributed by atoms with Gasteiger partial charge in [-0.1, -0.05) is 54.6 Å². The minimum absolute atomic E-state index is 0.0364. The molecule has 4 aromatic carbocycles. The summed E-state index contributed by atoms with van der Waals surface area (Å²) in [5.41, 5.74) is 3.40. The third-order valence-corrected chi connectivity index (χ3v) is 5.62. The third kappa shape index (κ3) is 3.89. The molecule has 0 heterocycles. The molecule has 0 saturated carbocycles. The molecule has 0 atom stereocenters. The van der Waals surface area contributed by atoms with Crippen LogP contribution in [0.15, 0.2) is 78.9 Å². The topological polar surface area (TPSA) is 36.9 Å². The van der Waals surface area contributed by atoms with Gasteiger partial charge in [-0.25, -0.2) is 0 Å². The van der Waals surface area contributed by atoms with Crippen LogP contribution in [0.3, 0.4) is 0 Å². The summed E-state index contributed by atoms with van der Waals surface area (Å²) in [7, 11) is 6.61. The van der Waals surface area contributed by atoms with Crippen molar-refractivity contribution in [2.45, 2.75) is 5.92 Å². The predicted molar refractivity (Wildman–Crippen MR) is 124 cm³/mol. The Labute approximate surface area is 183 Å². The number of ether oxygens (including phenoxy) is 4. The number of hydrogen-bond donors (Lipinski definition) is 0. The summed E-state index contributed by atoms with van der Waals surface area (Å²) in [5, 5.41) is 2.41. The first kappa shape index (κ1) is 20.6. The van der Waals surface area contributed by atoms with E-state index in [2.05, 4.69) is 54.6 Å². The second kappa shape index (κ2) is 9.00. The molecular weight excluding hydrogens is 388 g/mol. The standard InChI is InChI=1S/C27H26O4/c1-28-23-14-12-19(16-25(23)30-3)27(20-13-15-24(29-2)26(17-20)31-4)22-11-7-9-18-8-5-6-10-21(18)22/h5-17,27H,1-4H3. The zero-order valence-electron chi connectivity index (χ0n) is 18.2. The Morgan fingerprint density at radius 2 is 1.03 bits per heavy atom. The van der Waals surface area contributed by atoms with Crippen molar-refractivity contribution in [1.82, 2.24) is 0 Å². The normalized spacial score (nSPS) is 10.9. The van der Waals surface area contributed by atoms with E-state index in [0.29, 0.717) is 23.0 Å². The summed E-state index contributed by atoms with van der Waals surface area (Å²) >= 11 is 0. The molecule has 0 bridgehead atoms. The largest absolute Gasteiger partial charge is 0.493 e. The minimum Gasteiger partial charge on any atom is -0.493 e. The lowest BCUT2D eigenvalue weighted by atomic mass is 9.82. The molecule has 0 aliphatic heterocycles. The van der Waals surface area contributed by atoms with Gasteiger partial charge in [0.15, 0.2) is 23.0 Å². The Morgan fingerprint density at radius 1 is 0.516 bits per heavy atom. The maximum absolute atomic E-state index is 5.60. The van der Waals surface area contributed by atoms with Crippen LogP contribution in [0.2, 0.25) is 0 Å². The summed E-state index contributed by atoms with van der Waals surface area (Å²) < 4.78 is 22.1. The van der Waals surface area contributed by atoms with Crippen LogP contribution in [-0.4, -0.2) is 28.4 Å². The van der Waals surface area contributed by atoms with E-state index in [1.54, 1.807) is 28.4 Å². The Balaban J connectivity index is 1.98. The average Bonchev–Trinajstić information content (AvgIpc) is 2.84. The zero-order chi connectivity index (χ0) is 21.8. The van der Waals surface area contributed by atoms with E-state index in [4.69, 9.17) is 18.9 Å². The Hall–Kier alpha value is -3.66. The molecule has 4 aromatic rings. The Kier molecular flexibility index (Phi) is 5.99. The van der Waals surface area contributed by atoms with Gasteiger partial charge in [0.25, 0.3) is 0 Å². The van der Waals surface area contributed by atoms with Gasteiger partial charge in [0, 0.05) is 5.92 Å². The molecule has 0 aliphatic rings. The highest BCUT2D eigenvalue weighted by Crippen LogP contribution is 2.41. The molecule has 0 saturated heterocycles. The Bertz CT molecular complexity index is 1140. The molecule has 0 spiro atoms. The zero-order valence-corrected chi connectivity index (χ0v) is 18.2. The van der Waals surface area contributed by atoms with Gasteiger partial charge in [0.2, 0.25) is 0 Å². The second-order valence-corrected chi connectivity index (χ2v) is 7.23. The van der Waals surface area contributed by atoms with Crippen LogP contribution in [0, 0.1) is 0 Å². The fraction of sp³-hybridized carbons (Fsp3) is 0.185. The third-order valence-electron chi connectivity index (χ3n) is 5.62. The van der Waals surface area contributed by atoms with Gasteiger partial charge in [-0.15, -0.1) is 0 Å². The second-order valence-electron chi connectivity index (χ2n) is 7.23. The quantitative estimate of drug-likeness (QED) is 0.345. The van der Waals surface area contributed by atoms with E-state index in [1.165, 1.54) is 16.3 Å². The highest BCUT2D eigenvalue weighted by molar-refractivity contribution is 5.87. The first-order valence-electron chi connectivity index (χ1n) is 10.1. The number of hydrogen-bond acceptors (Lipinski definition) is 4. The molecule has 31 heavy (non-hydrogen) atoms. The number of methoxy groups -OCH3 is 4. The van der Waals surface area contributed by atoms with Crippen molar-refractivity contribution in [3.8, 4) is 23.0 Å². The SMILES string of the molecule is COc1ccc(C(c2ccc(OC)c(OC)c2)c2cccc3ccccc23)cc1OC. The van der Waals surface area contributed by atoms with Gasteiger partial charge in [0.1, 0.15) is 0 Å². The summed E-state index contributed by atoms with van der Waals surface area (Å²) in [6.07, 6.45) is 0. The monoisotopic (exact) mass is 414 g/mol. The molecule has 0 N–H and O–H groups in total. The number of benzene rings is 4. The lowest BCUT2D eigenvalue weighted by molar-refractivity contribution is 0.354. The fourth-order valence-corrected chi connectivity index (χ4v) is 4.12. The van der Waals surface area contributed by atoms with Crippen molar-refractivity contribution in [2.75, 3.05) is 28.4 Å². The van der Waals surface area contributed by atoms with E-state index in [9.17, 15) is 0 Å². The van der Waals surface area contributed by atoms with Gasteiger partial charge in [-0.2, -0.15) is 0 Å². The lowest BCUT2D eigenvalue weighted by Crippen LogP contribution is -2.06. The van der Waals surface area contributed by atoms with E-state index in [0.717, 1.165) is 11.1 Å². The molecular formula is C27H26O4. The van der Waals surface area contributed by atoms with Crippen LogP contribution in [0.1, 0.15) is 22.6 Å². The van der Waals surface area contributed by atoms with Crippen LogP contribution in [0.25, 0.3) is 10.8 Å². The van der Waals surface area contributed by atoms with Gasteiger partial charge in [-0.05, 0) is 51.7 Å². The van der Waals surface area contributed by atoms with E-state index < -0.39 is 0 Å². The van der Waals surface area contributed by atoms with Crippen LogP contribution in [0.5, 0.6) is 23.0 Å². The number of fused-ring (bicyclic) bond motifs is 1. The smallest absolute Gasteiger partial charge is 0.161 e. The average molecular weight is 415 g/mol. The minimum atomic E-state index is -0.0364. The predicted octanol–water partition coefficient (Wildman–Crippen LogP) is 6.05. The molecule has 0 unspecified atom stereocenters. The summed E-state index contributed by atoms with van der Waals surface area (Å²) in [4.78, 5) is 0. The van der Waals surface area contributed by atoms with E-state index >= 15 is 0 Å². The van der Waals surface area contributed by atoms with Crippen LogP contribution < -0.4 is 18.9 Å². The molecule has 4 nitrogen and oxygen atoms in total. The van der Waals surface area contributed by atoms with E-state index in [-0.39, 0.29) is 5.92 Å². The molecule has 0 aliphatic carbocycles. The highest BCUT2D eigenvalue weighted by Gasteiger charge is 2.22. The number of rotatable bonds is 7. The molecule has 0 radical (unpaired) electrons. The summed E-state index contributed by atoms with van der Waals surface area (Å²) in [5.74, 6) is 2.77. The van der Waals surface area contributed by atoms with Crippen molar-refractivity contribution in [2.24, 2.45) is 0 Å². The van der Waals surface area contributed by atoms with Crippen molar-refractivity contribution in [3.63, 3.8) is 0 Å². The Morgan fingerprint density at radius 3 is 1.58 bits per heavy atom. The van der Waals surface area contributed by atoms with E-state index in [1.807, 2.05) is 24.3 Å². The van der Waals surface area contributed by atoms with Gasteiger partial charge >= 0.3 is 0 Å². The molecule has 0 fully saturated rings. The summed E-state index contributed by atoms with van der Waals surface area (Å²) in [6.45, 7) is 0. The summed E-state index contributed by atoms with van der Waals surface area (Å²) in [6, 6.07) is 27.0. The lowest BCUT2D eigenvalue weighted by Gasteiger charge is -2.23. The van der Waals surface area contributed by atoms with Gasteiger partial charge in [0.05, 0.1) is 28.4 Å². The fourth-order valence-electron chi connectivity index (χ4n) is 4.12. The molecule has 4 rings (SSSR count). The van der Waals surface area contributed by atoms with Crippen LogP contribution in [-0.2, 0) is 0 Å². The first-order valence-corrected chi connectivity index (χ1v) is 10.1. The van der Waals surface area contributed by atoms with Crippen molar-refractivity contribution >= 4 is 10.8 Å². The van der Waals surface area contributed by atoms with Crippen molar-refractivity contribution < 1.29 is 18.9 Å². The van der Waals surface area contributed by atoms with Gasteiger partial charge in [-0.3, -0.25) is 0 Å². The first-order chi connectivity index (χ1) is 15.2. The molecule has 0 aromatic heterocycles. The van der Waals surface area contributed by atoms with Crippen molar-refractivity contribution in [3.05, 3.63) is 95.6 Å². The molecule has 4 heteroatoms. The molecule has 0 amide bonds. The van der Waals surface area contributed by atoms with Gasteiger partial charge < -0.3 is 18.9 Å². The highest BCUT2D eigenvalue weighted by atomic mass is 16.5. The van der Waals surface area contributed by atoms with Crippen LogP contribution >= 0.6 is 0 Å². The van der Waals surface area contributed by atoms with Crippen LogP contribution in [0.4, 0.5) is 0 Å². The van der Waals surface area contributed by atoms with Crippen molar-refractivity contribution in [1.29, 1.82) is 0 Å².